The van der Waals surface area contributed by atoms with Gasteiger partial charge in [0.05, 0.1) is 11.9 Å². The van der Waals surface area contributed by atoms with Crippen molar-refractivity contribution in [3.63, 3.8) is 0 Å². The summed E-state index contributed by atoms with van der Waals surface area (Å²) in [6.45, 7) is 4.32. The molecule has 0 saturated heterocycles. The molecule has 2 aliphatic rings. The van der Waals surface area contributed by atoms with Crippen molar-refractivity contribution >= 4 is 23.0 Å². The number of anilines is 4. The van der Waals surface area contributed by atoms with Crippen molar-refractivity contribution in [2.75, 3.05) is 9.80 Å². The van der Waals surface area contributed by atoms with Crippen LogP contribution in [0.3, 0.4) is 0 Å². The molecule has 0 saturated carbocycles. The van der Waals surface area contributed by atoms with Crippen LogP contribution in [0.15, 0.2) is 60.8 Å². The van der Waals surface area contributed by atoms with E-state index in [2.05, 4.69) is 78.2 Å². The van der Waals surface area contributed by atoms with Crippen molar-refractivity contribution in [1.29, 1.82) is 0 Å². The number of benzene rings is 2. The maximum Gasteiger partial charge on any atom is 0.178 e. The monoisotopic (exact) mass is 328 g/mol. The molecule has 2 aliphatic heterocycles. The highest BCUT2D eigenvalue weighted by Gasteiger charge is 2.44. The molecule has 25 heavy (non-hydrogen) atoms. The van der Waals surface area contributed by atoms with Gasteiger partial charge in [0.25, 0.3) is 0 Å². The lowest BCUT2D eigenvalue weighted by Crippen LogP contribution is -2.35. The zero-order valence-electron chi connectivity index (χ0n) is 14.4. The first-order chi connectivity index (χ1) is 12.2. The van der Waals surface area contributed by atoms with Crippen LogP contribution in [-0.4, -0.2) is 16.1 Å². The summed E-state index contributed by atoms with van der Waals surface area (Å²) in [5.41, 5.74) is 4.82. The van der Waals surface area contributed by atoms with Crippen molar-refractivity contribution in [2.24, 2.45) is 0 Å². The van der Waals surface area contributed by atoms with Gasteiger partial charge in [-0.15, -0.1) is 0 Å². The van der Waals surface area contributed by atoms with Crippen LogP contribution in [0.4, 0.5) is 23.0 Å². The Hall–Kier alpha value is -2.88. The summed E-state index contributed by atoms with van der Waals surface area (Å²) in [5, 5.41) is 0. The lowest BCUT2D eigenvalue weighted by Gasteiger charge is -2.26. The number of para-hydroxylation sites is 2. The third-order valence-electron chi connectivity index (χ3n) is 5.09. The summed E-state index contributed by atoms with van der Waals surface area (Å²) in [4.78, 5) is 14.5. The van der Waals surface area contributed by atoms with Gasteiger partial charge in [-0.2, -0.15) is 0 Å². The first kappa shape index (κ1) is 14.5. The fourth-order valence-electron chi connectivity index (χ4n) is 3.85. The van der Waals surface area contributed by atoms with E-state index in [4.69, 9.17) is 9.97 Å². The molecule has 124 valence electrons. The Morgan fingerprint density at radius 2 is 1.68 bits per heavy atom. The van der Waals surface area contributed by atoms with Crippen LogP contribution in [0.2, 0.25) is 0 Å². The molecule has 0 bridgehead atoms. The van der Waals surface area contributed by atoms with E-state index < -0.39 is 0 Å². The molecule has 0 amide bonds. The van der Waals surface area contributed by atoms with E-state index in [0.29, 0.717) is 5.92 Å². The number of nitrogens with zero attached hydrogens (tertiary/aromatic N) is 4. The molecule has 4 heteroatoms. The molecule has 4 nitrogen and oxygen atoms in total. The van der Waals surface area contributed by atoms with Crippen molar-refractivity contribution in [2.45, 2.75) is 32.4 Å². The second-order valence-electron chi connectivity index (χ2n) is 6.99. The van der Waals surface area contributed by atoms with Gasteiger partial charge in [0, 0.05) is 17.8 Å². The average Bonchev–Trinajstić information content (AvgIpc) is 3.16. The van der Waals surface area contributed by atoms with E-state index in [1.54, 1.807) is 0 Å². The molecule has 0 N–H and O–H groups in total. The van der Waals surface area contributed by atoms with Gasteiger partial charge >= 0.3 is 0 Å². The number of fused-ring (bicyclic) bond motifs is 5. The zero-order chi connectivity index (χ0) is 17.0. The van der Waals surface area contributed by atoms with E-state index in [-0.39, 0.29) is 6.17 Å². The normalized spacial score (nSPS) is 17.6. The minimum atomic E-state index is 0.206. The average molecular weight is 328 g/mol. The van der Waals surface area contributed by atoms with E-state index in [9.17, 15) is 0 Å². The SMILES string of the molecule is CC(C)c1cnc2c(n1)N1c3ccccc3CC1N2c1ccccc1. The molecule has 3 heterocycles. The summed E-state index contributed by atoms with van der Waals surface area (Å²) < 4.78 is 0. The molecule has 0 fully saturated rings. The Balaban J connectivity index is 1.72. The van der Waals surface area contributed by atoms with Gasteiger partial charge in [-0.1, -0.05) is 50.2 Å². The van der Waals surface area contributed by atoms with Gasteiger partial charge in [0.15, 0.2) is 11.6 Å². The third kappa shape index (κ3) is 2.07. The minimum absolute atomic E-state index is 0.206. The van der Waals surface area contributed by atoms with Gasteiger partial charge in [0.2, 0.25) is 0 Å². The van der Waals surface area contributed by atoms with E-state index >= 15 is 0 Å². The Morgan fingerprint density at radius 3 is 2.48 bits per heavy atom. The summed E-state index contributed by atoms with van der Waals surface area (Å²) in [7, 11) is 0. The van der Waals surface area contributed by atoms with E-state index in [1.165, 1.54) is 11.3 Å². The van der Waals surface area contributed by atoms with Crippen LogP contribution in [-0.2, 0) is 6.42 Å². The highest BCUT2D eigenvalue weighted by molar-refractivity contribution is 5.86. The summed E-state index contributed by atoms with van der Waals surface area (Å²) >= 11 is 0. The maximum atomic E-state index is 4.99. The molecule has 1 unspecified atom stereocenters. The van der Waals surface area contributed by atoms with Crippen LogP contribution >= 0.6 is 0 Å². The van der Waals surface area contributed by atoms with Gasteiger partial charge in [-0.05, 0) is 29.7 Å². The molecule has 1 atom stereocenters. The predicted molar refractivity (Wildman–Crippen MR) is 101 cm³/mol. The molecular weight excluding hydrogens is 308 g/mol. The largest absolute Gasteiger partial charge is 0.302 e. The first-order valence-electron chi connectivity index (χ1n) is 8.82. The van der Waals surface area contributed by atoms with Gasteiger partial charge in [0.1, 0.15) is 6.17 Å². The Kier molecular flexibility index (Phi) is 3.07. The van der Waals surface area contributed by atoms with Crippen molar-refractivity contribution in [3.8, 4) is 0 Å². The fraction of sp³-hybridized carbons (Fsp3) is 0.238. The third-order valence-corrected chi connectivity index (χ3v) is 5.09. The first-order valence-corrected chi connectivity index (χ1v) is 8.82. The molecule has 0 spiro atoms. The standard InChI is InChI=1S/C21H20N4/c1-14(2)17-13-22-20-21(23-17)25-18-11-7-6-8-15(18)12-19(25)24(20)16-9-4-3-5-10-16/h3-11,13-14,19H,12H2,1-2H3. The molecule has 3 aromatic rings. The molecule has 2 aromatic carbocycles. The quantitative estimate of drug-likeness (QED) is 0.678. The second-order valence-corrected chi connectivity index (χ2v) is 6.99. The Labute approximate surface area is 147 Å². The van der Waals surface area contributed by atoms with Crippen LogP contribution < -0.4 is 9.80 Å². The zero-order valence-corrected chi connectivity index (χ0v) is 14.4. The van der Waals surface area contributed by atoms with Crippen molar-refractivity contribution in [3.05, 3.63) is 72.1 Å². The predicted octanol–water partition coefficient (Wildman–Crippen LogP) is 4.77. The van der Waals surface area contributed by atoms with Crippen LogP contribution in [0, 0.1) is 0 Å². The van der Waals surface area contributed by atoms with Gasteiger partial charge in [-0.25, -0.2) is 9.97 Å². The minimum Gasteiger partial charge on any atom is -0.302 e. The van der Waals surface area contributed by atoms with E-state index in [1.807, 2.05) is 6.20 Å². The highest BCUT2D eigenvalue weighted by Crippen LogP contribution is 2.50. The number of hydrogen-bond acceptors (Lipinski definition) is 4. The van der Waals surface area contributed by atoms with Crippen LogP contribution in [0.25, 0.3) is 0 Å². The van der Waals surface area contributed by atoms with Gasteiger partial charge < -0.3 is 9.80 Å². The van der Waals surface area contributed by atoms with Crippen LogP contribution in [0.1, 0.15) is 31.0 Å². The van der Waals surface area contributed by atoms with Crippen molar-refractivity contribution < 1.29 is 0 Å². The second kappa shape index (κ2) is 5.31. The number of hydrogen-bond donors (Lipinski definition) is 0. The molecule has 0 aliphatic carbocycles. The fourth-order valence-corrected chi connectivity index (χ4v) is 3.85. The Morgan fingerprint density at radius 1 is 0.920 bits per heavy atom. The van der Waals surface area contributed by atoms with Crippen LogP contribution in [0.5, 0.6) is 0 Å². The Bertz CT molecular complexity index is 936. The number of rotatable bonds is 2. The summed E-state index contributed by atoms with van der Waals surface area (Å²) in [6, 6.07) is 19.1. The van der Waals surface area contributed by atoms with Crippen molar-refractivity contribution in [1.82, 2.24) is 9.97 Å². The molecule has 0 radical (unpaired) electrons. The maximum absolute atomic E-state index is 4.99. The van der Waals surface area contributed by atoms with Gasteiger partial charge in [-0.3, -0.25) is 0 Å². The molecule has 1 aromatic heterocycles. The van der Waals surface area contributed by atoms with E-state index in [0.717, 1.165) is 29.4 Å². The highest BCUT2D eigenvalue weighted by atomic mass is 15.5. The summed E-state index contributed by atoms with van der Waals surface area (Å²) in [5.74, 6) is 2.29. The summed E-state index contributed by atoms with van der Waals surface area (Å²) in [6.07, 6.45) is 3.10. The number of aromatic nitrogens is 2. The smallest absolute Gasteiger partial charge is 0.178 e. The topological polar surface area (TPSA) is 32.3 Å². The lowest BCUT2D eigenvalue weighted by molar-refractivity contribution is 0.723. The lowest BCUT2D eigenvalue weighted by atomic mass is 10.1. The molecular formula is C21H20N4. The molecule has 5 rings (SSSR count).